The quantitative estimate of drug-likeness (QED) is 0.752. The van der Waals surface area contributed by atoms with Gasteiger partial charge in [0.05, 0.1) is 0 Å². The third-order valence-electron chi connectivity index (χ3n) is 3.19. The Hall–Kier alpha value is -2.07. The van der Waals surface area contributed by atoms with Crippen molar-refractivity contribution in [2.75, 3.05) is 5.32 Å². The summed E-state index contributed by atoms with van der Waals surface area (Å²) in [6, 6.07) is 15.3. The van der Waals surface area contributed by atoms with E-state index < -0.39 is 0 Å². The van der Waals surface area contributed by atoms with Crippen molar-refractivity contribution >= 4 is 32.5 Å². The Morgan fingerprint density at radius 1 is 1.00 bits per heavy atom. The van der Waals surface area contributed by atoms with Crippen molar-refractivity contribution in [2.24, 2.45) is 0 Å². The third-order valence-corrected chi connectivity index (χ3v) is 3.88. The number of rotatable bonds is 3. The fraction of sp³-hybridized carbons (Fsp3) is 0.0625. The molecule has 0 saturated heterocycles. The summed E-state index contributed by atoms with van der Waals surface area (Å²) in [5, 5.41) is 15.2. The summed E-state index contributed by atoms with van der Waals surface area (Å²) >= 11 is 3.54. The highest BCUT2D eigenvalue weighted by atomic mass is 79.9. The van der Waals surface area contributed by atoms with Crippen molar-refractivity contribution in [1.29, 1.82) is 0 Å². The van der Waals surface area contributed by atoms with E-state index in [2.05, 4.69) is 26.2 Å². The van der Waals surface area contributed by atoms with Crippen molar-refractivity contribution in [2.45, 2.75) is 6.54 Å². The molecule has 0 spiro atoms. The number of aromatic hydroxyl groups is 1. The number of nitrogens with zero attached hydrogens (tertiary/aromatic N) is 1. The number of benzene rings is 2. The van der Waals surface area contributed by atoms with E-state index in [0.29, 0.717) is 12.3 Å². The Labute approximate surface area is 125 Å². The van der Waals surface area contributed by atoms with Crippen LogP contribution in [0.15, 0.2) is 59.2 Å². The summed E-state index contributed by atoms with van der Waals surface area (Å²) in [6.07, 6.45) is 1.78. The zero-order valence-corrected chi connectivity index (χ0v) is 12.3. The molecular weight excluding hydrogens is 316 g/mol. The summed E-state index contributed by atoms with van der Waals surface area (Å²) in [7, 11) is 0. The van der Waals surface area contributed by atoms with Gasteiger partial charge in [0.15, 0.2) is 0 Å². The number of nitrogens with one attached hydrogen (secondary N) is 1. The minimum Gasteiger partial charge on any atom is -0.508 e. The lowest BCUT2D eigenvalue weighted by atomic mass is 10.1. The molecule has 3 aromatic rings. The molecule has 0 radical (unpaired) electrons. The van der Waals surface area contributed by atoms with Gasteiger partial charge >= 0.3 is 0 Å². The predicted molar refractivity (Wildman–Crippen MR) is 84.9 cm³/mol. The fourth-order valence-electron chi connectivity index (χ4n) is 2.15. The number of anilines is 1. The monoisotopic (exact) mass is 328 g/mol. The first-order valence-corrected chi connectivity index (χ1v) is 7.09. The number of phenolic OH excluding ortho intramolecular Hbond substituents is 1. The average molecular weight is 329 g/mol. The molecule has 0 aliphatic carbocycles. The first-order valence-electron chi connectivity index (χ1n) is 6.29. The molecule has 20 heavy (non-hydrogen) atoms. The molecule has 3 nitrogen and oxygen atoms in total. The van der Waals surface area contributed by atoms with Gasteiger partial charge in [0.25, 0.3) is 0 Å². The van der Waals surface area contributed by atoms with E-state index in [4.69, 9.17) is 0 Å². The summed E-state index contributed by atoms with van der Waals surface area (Å²) in [5.74, 6) is 1.11. The molecule has 0 amide bonds. The van der Waals surface area contributed by atoms with Crippen LogP contribution >= 0.6 is 15.9 Å². The van der Waals surface area contributed by atoms with E-state index >= 15 is 0 Å². The molecule has 2 aromatic carbocycles. The summed E-state index contributed by atoms with van der Waals surface area (Å²) in [5.41, 5.74) is 0.848. The van der Waals surface area contributed by atoms with Crippen LogP contribution in [0.2, 0.25) is 0 Å². The number of halogens is 1. The van der Waals surface area contributed by atoms with Crippen LogP contribution in [0.3, 0.4) is 0 Å². The van der Waals surface area contributed by atoms with Crippen molar-refractivity contribution < 1.29 is 5.11 Å². The highest BCUT2D eigenvalue weighted by Crippen LogP contribution is 2.28. The third kappa shape index (κ3) is 2.47. The minimum absolute atomic E-state index is 0.293. The van der Waals surface area contributed by atoms with Crippen LogP contribution in [0, 0.1) is 0 Å². The molecule has 4 heteroatoms. The van der Waals surface area contributed by atoms with Crippen LogP contribution in [0.5, 0.6) is 5.75 Å². The maximum Gasteiger partial charge on any atom is 0.134 e. The van der Waals surface area contributed by atoms with Gasteiger partial charge in [0, 0.05) is 33.6 Å². The molecule has 1 aromatic heterocycles. The number of para-hydroxylation sites is 1. The van der Waals surface area contributed by atoms with Gasteiger partial charge in [-0.05, 0) is 18.2 Å². The second-order valence-electron chi connectivity index (χ2n) is 4.48. The van der Waals surface area contributed by atoms with Crippen LogP contribution in [0.4, 0.5) is 5.82 Å². The van der Waals surface area contributed by atoms with Gasteiger partial charge in [-0.3, -0.25) is 0 Å². The largest absolute Gasteiger partial charge is 0.508 e. The second-order valence-corrected chi connectivity index (χ2v) is 5.33. The summed E-state index contributed by atoms with van der Waals surface area (Å²) < 4.78 is 1.04. The van der Waals surface area contributed by atoms with Gasteiger partial charge < -0.3 is 10.4 Å². The van der Waals surface area contributed by atoms with Gasteiger partial charge in [0.1, 0.15) is 11.6 Å². The number of phenols is 1. The van der Waals surface area contributed by atoms with E-state index in [1.165, 1.54) is 0 Å². The smallest absolute Gasteiger partial charge is 0.134 e. The van der Waals surface area contributed by atoms with Crippen LogP contribution in [-0.2, 0) is 6.54 Å². The predicted octanol–water partition coefficient (Wildman–Crippen LogP) is 4.32. The zero-order valence-electron chi connectivity index (χ0n) is 10.7. The Balaban J connectivity index is 1.92. The van der Waals surface area contributed by atoms with E-state index in [-0.39, 0.29) is 0 Å². The van der Waals surface area contributed by atoms with Gasteiger partial charge in [0.2, 0.25) is 0 Å². The Morgan fingerprint density at radius 3 is 2.70 bits per heavy atom. The van der Waals surface area contributed by atoms with E-state index in [0.717, 1.165) is 26.6 Å². The van der Waals surface area contributed by atoms with Crippen LogP contribution in [0.25, 0.3) is 10.8 Å². The molecule has 0 saturated carbocycles. The molecule has 0 aliphatic rings. The van der Waals surface area contributed by atoms with Crippen molar-refractivity contribution in [1.82, 2.24) is 4.98 Å². The highest BCUT2D eigenvalue weighted by molar-refractivity contribution is 9.10. The maximum absolute atomic E-state index is 9.78. The fourth-order valence-corrected chi connectivity index (χ4v) is 2.65. The first kappa shape index (κ1) is 12.9. The zero-order chi connectivity index (χ0) is 13.9. The van der Waals surface area contributed by atoms with Crippen LogP contribution < -0.4 is 5.32 Å². The van der Waals surface area contributed by atoms with Crippen molar-refractivity contribution in [3.8, 4) is 5.75 Å². The van der Waals surface area contributed by atoms with Crippen molar-refractivity contribution in [3.63, 3.8) is 0 Å². The van der Waals surface area contributed by atoms with Crippen LogP contribution in [-0.4, -0.2) is 10.1 Å². The Morgan fingerprint density at radius 2 is 1.85 bits per heavy atom. The highest BCUT2D eigenvalue weighted by Gasteiger charge is 2.05. The first-order chi connectivity index (χ1) is 9.75. The summed E-state index contributed by atoms with van der Waals surface area (Å²) in [4.78, 5) is 4.38. The molecule has 0 atom stereocenters. The number of aromatic nitrogens is 1. The van der Waals surface area contributed by atoms with Gasteiger partial charge in [-0.2, -0.15) is 0 Å². The number of hydrogen-bond donors (Lipinski definition) is 2. The van der Waals surface area contributed by atoms with Gasteiger partial charge in [-0.25, -0.2) is 4.98 Å². The molecule has 1 heterocycles. The molecule has 0 fully saturated rings. The molecule has 0 unspecified atom stereocenters. The molecule has 0 bridgehead atoms. The second kappa shape index (κ2) is 5.51. The molecule has 3 rings (SSSR count). The van der Waals surface area contributed by atoms with E-state index in [1.807, 2.05) is 42.5 Å². The number of hydrogen-bond acceptors (Lipinski definition) is 3. The molecule has 0 aliphatic heterocycles. The van der Waals surface area contributed by atoms with Crippen molar-refractivity contribution in [3.05, 3.63) is 64.8 Å². The Bertz CT molecular complexity index is 758. The lowest BCUT2D eigenvalue weighted by Crippen LogP contribution is -2.02. The Kier molecular flexibility index (Phi) is 3.56. The lowest BCUT2D eigenvalue weighted by molar-refractivity contribution is 0.469. The summed E-state index contributed by atoms with van der Waals surface area (Å²) in [6.45, 7) is 0.533. The van der Waals surface area contributed by atoms with Gasteiger partial charge in [-0.15, -0.1) is 0 Å². The van der Waals surface area contributed by atoms with E-state index in [9.17, 15) is 5.11 Å². The van der Waals surface area contributed by atoms with E-state index in [1.54, 1.807) is 12.3 Å². The molecule has 2 N–H and O–H groups in total. The lowest BCUT2D eigenvalue weighted by Gasteiger charge is -2.10. The number of pyridine rings is 1. The topological polar surface area (TPSA) is 45.1 Å². The SMILES string of the molecule is Oc1ccccc1CNc1nccc2c(Br)cccc12. The normalized spacial score (nSPS) is 10.7. The minimum atomic E-state index is 0.293. The van der Waals surface area contributed by atoms with Crippen LogP contribution in [0.1, 0.15) is 5.56 Å². The average Bonchev–Trinajstić information content (AvgIpc) is 2.47. The number of fused-ring (bicyclic) bond motifs is 1. The molecule has 100 valence electrons. The molecular formula is C16H13BrN2O. The van der Waals surface area contributed by atoms with Gasteiger partial charge in [-0.1, -0.05) is 46.3 Å². The maximum atomic E-state index is 9.78. The standard InChI is InChI=1S/C16H13BrN2O/c17-14-6-3-5-13-12(14)8-9-18-16(13)19-10-11-4-1-2-7-15(11)20/h1-9,20H,10H2,(H,18,19).